The summed E-state index contributed by atoms with van der Waals surface area (Å²) in [6.07, 6.45) is -3.57. The van der Waals surface area contributed by atoms with Gasteiger partial charge < -0.3 is 13.9 Å². The Labute approximate surface area is 170 Å². The van der Waals surface area contributed by atoms with E-state index in [0.717, 1.165) is 6.07 Å². The van der Waals surface area contributed by atoms with Crippen molar-refractivity contribution in [3.63, 3.8) is 0 Å². The fourth-order valence-corrected chi connectivity index (χ4v) is 2.79. The van der Waals surface area contributed by atoms with Crippen LogP contribution >= 0.6 is 0 Å². The van der Waals surface area contributed by atoms with Crippen molar-refractivity contribution >= 4 is 6.29 Å². The highest BCUT2D eigenvalue weighted by Crippen LogP contribution is 2.35. The van der Waals surface area contributed by atoms with Gasteiger partial charge in [-0.25, -0.2) is 4.39 Å². The molecule has 4 nitrogen and oxygen atoms in total. The Bertz CT molecular complexity index is 981. The maximum absolute atomic E-state index is 14.3. The molecule has 30 heavy (non-hydrogen) atoms. The SMILES string of the molecule is O=Cc1occ(OCc2ccc(OCCCC(F)(F)F)cc2F)c1-c1ccccc1. The van der Waals surface area contributed by atoms with Crippen molar-refractivity contribution in [2.45, 2.75) is 25.6 Å². The maximum atomic E-state index is 14.3. The lowest BCUT2D eigenvalue weighted by atomic mass is 10.1. The first-order valence-electron chi connectivity index (χ1n) is 9.10. The van der Waals surface area contributed by atoms with E-state index in [2.05, 4.69) is 0 Å². The molecule has 158 valence electrons. The van der Waals surface area contributed by atoms with Gasteiger partial charge in [-0.1, -0.05) is 30.3 Å². The summed E-state index contributed by atoms with van der Waals surface area (Å²) >= 11 is 0. The molecule has 8 heteroatoms. The average molecular weight is 422 g/mol. The van der Waals surface area contributed by atoms with Gasteiger partial charge in [0.15, 0.2) is 17.8 Å². The van der Waals surface area contributed by atoms with Crippen LogP contribution in [0.1, 0.15) is 29.0 Å². The molecule has 0 atom stereocenters. The number of halogens is 4. The van der Waals surface area contributed by atoms with Gasteiger partial charge >= 0.3 is 6.18 Å². The molecule has 0 N–H and O–H groups in total. The van der Waals surface area contributed by atoms with Crippen LogP contribution in [0.4, 0.5) is 17.6 Å². The largest absolute Gasteiger partial charge is 0.493 e. The van der Waals surface area contributed by atoms with Gasteiger partial charge in [0.1, 0.15) is 24.4 Å². The zero-order valence-electron chi connectivity index (χ0n) is 15.7. The first kappa shape index (κ1) is 21.4. The third kappa shape index (κ3) is 5.62. The Balaban J connectivity index is 1.64. The van der Waals surface area contributed by atoms with Gasteiger partial charge in [-0.15, -0.1) is 0 Å². The summed E-state index contributed by atoms with van der Waals surface area (Å²) in [5, 5.41) is 0. The van der Waals surface area contributed by atoms with Crippen LogP contribution in [0.5, 0.6) is 11.5 Å². The monoisotopic (exact) mass is 422 g/mol. The van der Waals surface area contributed by atoms with Gasteiger partial charge in [-0.3, -0.25) is 4.79 Å². The molecule has 2 aromatic carbocycles. The van der Waals surface area contributed by atoms with Crippen LogP contribution < -0.4 is 9.47 Å². The minimum absolute atomic E-state index is 0.0966. The summed E-state index contributed by atoms with van der Waals surface area (Å²) in [5.41, 5.74) is 1.40. The average Bonchev–Trinajstić information content (AvgIpc) is 3.13. The molecule has 0 aliphatic rings. The van der Waals surface area contributed by atoms with Crippen molar-refractivity contribution in [3.8, 4) is 22.6 Å². The standard InChI is InChI=1S/C22H18F4O4/c23-18-11-17(28-10-4-9-22(24,25)26)8-7-16(18)13-29-20-14-30-19(12-27)21(20)15-5-2-1-3-6-15/h1-3,5-8,11-12,14H,4,9-10,13H2. The van der Waals surface area contributed by atoms with Crippen molar-refractivity contribution in [2.24, 2.45) is 0 Å². The molecule has 0 fully saturated rings. The predicted octanol–water partition coefficient (Wildman–Crippen LogP) is 6.20. The quantitative estimate of drug-likeness (QED) is 0.234. The molecule has 3 rings (SSSR count). The normalized spacial score (nSPS) is 11.3. The van der Waals surface area contributed by atoms with Crippen LogP contribution in [0.2, 0.25) is 0 Å². The summed E-state index contributed by atoms with van der Waals surface area (Å²) in [5.74, 6) is -0.104. The van der Waals surface area contributed by atoms with Crippen LogP contribution in [-0.4, -0.2) is 19.1 Å². The number of furan rings is 1. The van der Waals surface area contributed by atoms with Gasteiger partial charge in [-0.2, -0.15) is 13.2 Å². The Morgan fingerprint density at radius 1 is 1.03 bits per heavy atom. The van der Waals surface area contributed by atoms with E-state index in [1.165, 1.54) is 18.4 Å². The molecule has 0 saturated heterocycles. The number of aldehydes is 1. The fourth-order valence-electron chi connectivity index (χ4n) is 2.79. The van der Waals surface area contributed by atoms with Crippen LogP contribution in [-0.2, 0) is 6.61 Å². The second-order valence-electron chi connectivity index (χ2n) is 6.43. The summed E-state index contributed by atoms with van der Waals surface area (Å²) in [4.78, 5) is 11.3. The van der Waals surface area contributed by atoms with Crippen molar-refractivity contribution in [2.75, 3.05) is 6.61 Å². The molecule has 1 heterocycles. The van der Waals surface area contributed by atoms with E-state index in [0.29, 0.717) is 17.4 Å². The Morgan fingerprint density at radius 3 is 2.47 bits per heavy atom. The predicted molar refractivity (Wildman–Crippen MR) is 101 cm³/mol. The smallest absolute Gasteiger partial charge is 0.389 e. The molecule has 0 aliphatic carbocycles. The molecular formula is C22H18F4O4. The van der Waals surface area contributed by atoms with E-state index < -0.39 is 18.4 Å². The van der Waals surface area contributed by atoms with E-state index >= 15 is 0 Å². The van der Waals surface area contributed by atoms with Gasteiger partial charge in [0, 0.05) is 18.1 Å². The van der Waals surface area contributed by atoms with E-state index in [1.54, 1.807) is 24.3 Å². The summed E-state index contributed by atoms with van der Waals surface area (Å²) in [6, 6.07) is 13.0. The van der Waals surface area contributed by atoms with Gasteiger partial charge in [0.05, 0.1) is 12.2 Å². The minimum Gasteiger partial charge on any atom is -0.493 e. The molecular weight excluding hydrogens is 404 g/mol. The third-order valence-corrected chi connectivity index (χ3v) is 4.24. The number of alkyl halides is 3. The van der Waals surface area contributed by atoms with Crippen molar-refractivity contribution in [1.82, 2.24) is 0 Å². The molecule has 0 amide bonds. The fraction of sp³-hybridized carbons (Fsp3) is 0.227. The summed E-state index contributed by atoms with van der Waals surface area (Å²) in [7, 11) is 0. The number of ether oxygens (including phenoxy) is 2. The Hall–Kier alpha value is -3.29. The molecule has 3 aromatic rings. The Morgan fingerprint density at radius 2 is 1.80 bits per heavy atom. The number of carbonyl (C=O) groups is 1. The van der Waals surface area contributed by atoms with E-state index in [4.69, 9.17) is 13.9 Å². The maximum Gasteiger partial charge on any atom is 0.389 e. The number of benzene rings is 2. The number of rotatable bonds is 9. The number of carbonyl (C=O) groups excluding carboxylic acids is 1. The zero-order valence-corrected chi connectivity index (χ0v) is 15.7. The van der Waals surface area contributed by atoms with Crippen molar-refractivity contribution in [3.05, 3.63) is 71.9 Å². The minimum atomic E-state index is -4.24. The highest BCUT2D eigenvalue weighted by Gasteiger charge is 2.26. The van der Waals surface area contributed by atoms with E-state index in [9.17, 15) is 22.4 Å². The van der Waals surface area contributed by atoms with Gasteiger partial charge in [0.25, 0.3) is 0 Å². The Kier molecular flexibility index (Phi) is 6.76. The topological polar surface area (TPSA) is 48.7 Å². The lowest BCUT2D eigenvalue weighted by Crippen LogP contribution is -2.09. The summed E-state index contributed by atoms with van der Waals surface area (Å²) < 4.78 is 66.8. The van der Waals surface area contributed by atoms with Crippen LogP contribution in [0, 0.1) is 5.82 Å². The van der Waals surface area contributed by atoms with Gasteiger partial charge in [0.2, 0.25) is 0 Å². The lowest BCUT2D eigenvalue weighted by molar-refractivity contribution is -0.136. The van der Waals surface area contributed by atoms with Crippen LogP contribution in [0.15, 0.2) is 59.2 Å². The highest BCUT2D eigenvalue weighted by atomic mass is 19.4. The van der Waals surface area contributed by atoms with Gasteiger partial charge in [-0.05, 0) is 24.1 Å². The molecule has 0 unspecified atom stereocenters. The first-order valence-corrected chi connectivity index (χ1v) is 9.10. The second-order valence-corrected chi connectivity index (χ2v) is 6.43. The lowest BCUT2D eigenvalue weighted by Gasteiger charge is -2.11. The number of hydrogen-bond donors (Lipinski definition) is 0. The molecule has 0 bridgehead atoms. The van der Waals surface area contributed by atoms with Crippen molar-refractivity contribution < 1.29 is 36.2 Å². The first-order chi connectivity index (χ1) is 14.4. The van der Waals surface area contributed by atoms with Crippen LogP contribution in [0.3, 0.4) is 0 Å². The van der Waals surface area contributed by atoms with E-state index in [-0.39, 0.29) is 42.5 Å². The van der Waals surface area contributed by atoms with Crippen LogP contribution in [0.25, 0.3) is 11.1 Å². The molecule has 0 radical (unpaired) electrons. The molecule has 1 aromatic heterocycles. The molecule has 0 spiro atoms. The molecule has 0 saturated carbocycles. The highest BCUT2D eigenvalue weighted by molar-refractivity contribution is 5.87. The second kappa shape index (κ2) is 9.47. The van der Waals surface area contributed by atoms with E-state index in [1.807, 2.05) is 6.07 Å². The number of hydrogen-bond acceptors (Lipinski definition) is 4. The zero-order chi connectivity index (χ0) is 21.6. The third-order valence-electron chi connectivity index (χ3n) is 4.24. The molecule has 0 aliphatic heterocycles. The summed E-state index contributed by atoms with van der Waals surface area (Å²) in [6.45, 7) is -0.309. The van der Waals surface area contributed by atoms with Crippen molar-refractivity contribution in [1.29, 1.82) is 0 Å².